The van der Waals surface area contributed by atoms with Crippen molar-refractivity contribution in [2.75, 3.05) is 7.11 Å². The lowest BCUT2D eigenvalue weighted by molar-refractivity contribution is 0.0955. The molecule has 1 aliphatic carbocycles. The third kappa shape index (κ3) is 3.38. The number of phenolic OH excluding ortho intramolecular Hbond substituents is 1. The smallest absolute Gasteiger partial charge is 0.271 e. The fraction of sp³-hybridized carbons (Fsp3) is 0.238. The molecule has 27 heavy (non-hydrogen) atoms. The summed E-state index contributed by atoms with van der Waals surface area (Å²) in [7, 11) is 1.48. The first-order valence-corrected chi connectivity index (χ1v) is 8.99. The fourth-order valence-corrected chi connectivity index (χ4v) is 3.55. The Kier molecular flexibility index (Phi) is 4.54. The lowest BCUT2D eigenvalue weighted by Gasteiger charge is -2.10. The fourth-order valence-electron chi connectivity index (χ4n) is 3.55. The summed E-state index contributed by atoms with van der Waals surface area (Å²) in [6.45, 7) is 0. The van der Waals surface area contributed by atoms with Crippen LogP contribution < -0.4 is 10.2 Å². The number of benzene rings is 2. The van der Waals surface area contributed by atoms with E-state index in [4.69, 9.17) is 4.74 Å². The number of phenols is 1. The molecule has 0 saturated heterocycles. The monoisotopic (exact) mass is 363 g/mol. The summed E-state index contributed by atoms with van der Waals surface area (Å²) < 4.78 is 5.06. The van der Waals surface area contributed by atoms with Gasteiger partial charge in [0.25, 0.3) is 5.91 Å². The number of hydrogen-bond donors (Lipinski definition) is 3. The summed E-state index contributed by atoms with van der Waals surface area (Å²) in [5.74, 6) is 0.152. The number of methoxy groups -OCH3 is 1. The molecule has 0 saturated carbocycles. The Bertz CT molecular complexity index is 1040. The number of nitrogens with one attached hydrogen (secondary N) is 2. The minimum absolute atomic E-state index is 0.0572. The van der Waals surface area contributed by atoms with E-state index in [0.29, 0.717) is 16.9 Å². The van der Waals surface area contributed by atoms with Gasteiger partial charge in [-0.05, 0) is 73.2 Å². The van der Waals surface area contributed by atoms with Crippen LogP contribution in [0.15, 0.2) is 41.5 Å². The van der Waals surface area contributed by atoms with E-state index in [1.807, 2.05) is 12.1 Å². The molecule has 0 spiro atoms. The van der Waals surface area contributed by atoms with E-state index in [9.17, 15) is 9.90 Å². The van der Waals surface area contributed by atoms with E-state index in [0.717, 1.165) is 23.7 Å². The lowest BCUT2D eigenvalue weighted by atomic mass is 9.95. The van der Waals surface area contributed by atoms with Crippen molar-refractivity contribution < 1.29 is 14.6 Å². The quantitative estimate of drug-likeness (QED) is 0.490. The van der Waals surface area contributed by atoms with Gasteiger partial charge in [-0.2, -0.15) is 5.10 Å². The number of aryl methyl sites for hydroxylation is 2. The molecule has 0 atom stereocenters. The van der Waals surface area contributed by atoms with Crippen LogP contribution in [0.25, 0.3) is 10.9 Å². The average Bonchev–Trinajstić information content (AvgIpc) is 3.07. The van der Waals surface area contributed by atoms with Crippen LogP contribution in [-0.4, -0.2) is 29.3 Å². The Labute approximate surface area is 156 Å². The molecule has 1 heterocycles. The molecule has 3 N–H and O–H groups in total. The largest absolute Gasteiger partial charge is 0.504 e. The van der Waals surface area contributed by atoms with Gasteiger partial charge in [0.15, 0.2) is 11.5 Å². The van der Waals surface area contributed by atoms with Gasteiger partial charge in [-0.3, -0.25) is 4.79 Å². The van der Waals surface area contributed by atoms with Gasteiger partial charge in [-0.15, -0.1) is 0 Å². The number of aromatic nitrogens is 1. The standard InChI is InChI=1S/C21H21N3O3/c1-27-20-10-13(6-9-19(20)25)12-22-24-21(26)14-7-8-18-16(11-14)15-4-2-3-5-17(15)23-18/h6-12,23,25H,2-5H2,1H3,(H,24,26)/b22-12+. The predicted molar refractivity (Wildman–Crippen MR) is 105 cm³/mol. The van der Waals surface area contributed by atoms with E-state index in [-0.39, 0.29) is 11.7 Å². The number of hydrogen-bond acceptors (Lipinski definition) is 4. The SMILES string of the molecule is COc1cc(/C=N/NC(=O)c2ccc3[nH]c4c(c3c2)CCCC4)ccc1O. The normalized spacial score (nSPS) is 13.7. The lowest BCUT2D eigenvalue weighted by Crippen LogP contribution is -2.17. The van der Waals surface area contributed by atoms with Crippen LogP contribution in [0, 0.1) is 0 Å². The van der Waals surface area contributed by atoms with Crippen molar-refractivity contribution in [3.8, 4) is 11.5 Å². The van der Waals surface area contributed by atoms with Gasteiger partial charge < -0.3 is 14.8 Å². The molecule has 4 rings (SSSR count). The molecule has 1 aliphatic rings. The summed E-state index contributed by atoms with van der Waals surface area (Å²) >= 11 is 0. The molecule has 2 aromatic carbocycles. The van der Waals surface area contributed by atoms with E-state index in [2.05, 4.69) is 15.5 Å². The predicted octanol–water partition coefficient (Wildman–Crippen LogP) is 3.52. The molecular weight excluding hydrogens is 342 g/mol. The van der Waals surface area contributed by atoms with Crippen molar-refractivity contribution in [2.24, 2.45) is 5.10 Å². The Morgan fingerprint density at radius 2 is 2.07 bits per heavy atom. The van der Waals surface area contributed by atoms with Crippen molar-refractivity contribution in [3.63, 3.8) is 0 Å². The van der Waals surface area contributed by atoms with Crippen LogP contribution in [0.1, 0.15) is 40.0 Å². The number of carbonyl (C=O) groups is 1. The number of aromatic amines is 1. The van der Waals surface area contributed by atoms with Gasteiger partial charge in [0.1, 0.15) is 0 Å². The van der Waals surface area contributed by atoms with Crippen molar-refractivity contribution in [1.82, 2.24) is 10.4 Å². The second kappa shape index (κ2) is 7.15. The second-order valence-electron chi connectivity index (χ2n) is 6.68. The van der Waals surface area contributed by atoms with Gasteiger partial charge in [-0.1, -0.05) is 0 Å². The van der Waals surface area contributed by atoms with Crippen molar-refractivity contribution in [1.29, 1.82) is 0 Å². The van der Waals surface area contributed by atoms with Gasteiger partial charge in [-0.25, -0.2) is 5.43 Å². The molecular formula is C21H21N3O3. The first-order valence-electron chi connectivity index (χ1n) is 8.99. The van der Waals surface area contributed by atoms with E-state index < -0.39 is 0 Å². The highest BCUT2D eigenvalue weighted by molar-refractivity contribution is 5.99. The topological polar surface area (TPSA) is 86.7 Å². The van der Waals surface area contributed by atoms with Crippen molar-refractivity contribution in [2.45, 2.75) is 25.7 Å². The minimum atomic E-state index is -0.260. The van der Waals surface area contributed by atoms with Gasteiger partial charge in [0, 0.05) is 22.2 Å². The van der Waals surface area contributed by atoms with Crippen LogP contribution >= 0.6 is 0 Å². The number of carbonyl (C=O) groups excluding carboxylic acids is 1. The van der Waals surface area contributed by atoms with E-state index in [1.165, 1.54) is 43.5 Å². The highest BCUT2D eigenvalue weighted by Gasteiger charge is 2.16. The zero-order valence-corrected chi connectivity index (χ0v) is 15.1. The van der Waals surface area contributed by atoms with Crippen molar-refractivity contribution >= 4 is 23.0 Å². The first kappa shape index (κ1) is 17.1. The Morgan fingerprint density at radius 1 is 1.22 bits per heavy atom. The summed E-state index contributed by atoms with van der Waals surface area (Å²) in [6, 6.07) is 10.5. The van der Waals surface area contributed by atoms with Gasteiger partial charge >= 0.3 is 0 Å². The molecule has 0 fully saturated rings. The minimum Gasteiger partial charge on any atom is -0.504 e. The van der Waals surface area contributed by atoms with Gasteiger partial charge in [0.2, 0.25) is 0 Å². The zero-order chi connectivity index (χ0) is 18.8. The number of aromatic hydroxyl groups is 1. The van der Waals surface area contributed by atoms with Crippen molar-refractivity contribution in [3.05, 3.63) is 58.8 Å². The number of hydrazone groups is 1. The number of H-pyrrole nitrogens is 1. The number of ether oxygens (including phenoxy) is 1. The van der Waals surface area contributed by atoms with Crippen LogP contribution in [0.5, 0.6) is 11.5 Å². The summed E-state index contributed by atoms with van der Waals surface area (Å²) in [5, 5.41) is 14.7. The highest BCUT2D eigenvalue weighted by atomic mass is 16.5. The maximum absolute atomic E-state index is 12.4. The Morgan fingerprint density at radius 3 is 2.93 bits per heavy atom. The summed E-state index contributed by atoms with van der Waals surface area (Å²) in [6.07, 6.45) is 6.05. The van der Waals surface area contributed by atoms with E-state index >= 15 is 0 Å². The first-order chi connectivity index (χ1) is 13.2. The van der Waals surface area contributed by atoms with Crippen LogP contribution in [-0.2, 0) is 12.8 Å². The Hall–Kier alpha value is -3.28. The highest BCUT2D eigenvalue weighted by Crippen LogP contribution is 2.29. The number of amides is 1. The molecule has 0 aliphatic heterocycles. The molecule has 0 radical (unpaired) electrons. The van der Waals surface area contributed by atoms with Crippen LogP contribution in [0.2, 0.25) is 0 Å². The molecule has 138 valence electrons. The number of fused-ring (bicyclic) bond motifs is 3. The second-order valence-corrected chi connectivity index (χ2v) is 6.68. The molecule has 3 aromatic rings. The Balaban J connectivity index is 1.51. The van der Waals surface area contributed by atoms with E-state index in [1.54, 1.807) is 18.2 Å². The molecule has 6 nitrogen and oxygen atoms in total. The van der Waals surface area contributed by atoms with Crippen LogP contribution in [0.3, 0.4) is 0 Å². The average molecular weight is 363 g/mol. The number of rotatable bonds is 4. The molecule has 0 unspecified atom stereocenters. The summed E-state index contributed by atoms with van der Waals surface area (Å²) in [4.78, 5) is 15.9. The third-order valence-corrected chi connectivity index (χ3v) is 4.94. The third-order valence-electron chi connectivity index (χ3n) is 4.94. The molecule has 1 aromatic heterocycles. The maximum atomic E-state index is 12.4. The molecule has 0 bridgehead atoms. The summed E-state index contributed by atoms with van der Waals surface area (Å²) in [5.41, 5.74) is 7.56. The van der Waals surface area contributed by atoms with Gasteiger partial charge in [0.05, 0.1) is 13.3 Å². The molecule has 1 amide bonds. The zero-order valence-electron chi connectivity index (χ0n) is 15.1. The molecule has 6 heteroatoms. The maximum Gasteiger partial charge on any atom is 0.271 e. The van der Waals surface area contributed by atoms with Crippen LogP contribution in [0.4, 0.5) is 0 Å². The number of nitrogens with zero attached hydrogens (tertiary/aromatic N) is 1.